The average Bonchev–Trinajstić information content (AvgIpc) is 2.48. The third-order valence-electron chi connectivity index (χ3n) is 2.94. The van der Waals surface area contributed by atoms with Gasteiger partial charge in [0.1, 0.15) is 0 Å². The van der Waals surface area contributed by atoms with Gasteiger partial charge in [0, 0.05) is 17.2 Å². The van der Waals surface area contributed by atoms with E-state index in [4.69, 9.17) is 10.5 Å². The molecule has 0 heterocycles. The Morgan fingerprint density at radius 3 is 2.55 bits per heavy atom. The largest absolute Gasteiger partial charge is 0.465 e. The van der Waals surface area contributed by atoms with E-state index in [1.807, 2.05) is 30.3 Å². The molecule has 0 saturated heterocycles. The summed E-state index contributed by atoms with van der Waals surface area (Å²) in [6, 6.07) is 15.7. The van der Waals surface area contributed by atoms with E-state index in [-0.39, 0.29) is 5.97 Å². The van der Waals surface area contributed by atoms with Gasteiger partial charge in [-0.2, -0.15) is 11.8 Å². The lowest BCUT2D eigenvalue weighted by atomic mass is 10.1. The summed E-state index contributed by atoms with van der Waals surface area (Å²) in [5, 5.41) is 0. The second-order valence-corrected chi connectivity index (χ2v) is 5.34. The van der Waals surface area contributed by atoms with Crippen LogP contribution in [0.2, 0.25) is 0 Å². The fraction of sp³-hybridized carbons (Fsp3) is 0.188. The smallest absolute Gasteiger partial charge is 0.340 e. The first-order valence-electron chi connectivity index (χ1n) is 6.29. The quantitative estimate of drug-likeness (QED) is 0.675. The van der Waals surface area contributed by atoms with Gasteiger partial charge in [0.25, 0.3) is 0 Å². The van der Waals surface area contributed by atoms with Gasteiger partial charge in [-0.25, -0.2) is 4.79 Å². The highest BCUT2D eigenvalue weighted by Gasteiger charge is 2.15. The highest BCUT2D eigenvalue weighted by molar-refractivity contribution is 7.97. The standard InChI is InChI=1S/C16H17NO2S/c1-19-16(18)15-13(8-5-9-14(15)17)11-20-10-12-6-3-2-4-7-12/h2-9H,10-11,17H2,1H3. The van der Waals surface area contributed by atoms with Crippen molar-refractivity contribution in [3.05, 3.63) is 65.2 Å². The SMILES string of the molecule is COC(=O)c1c(N)cccc1CSCc1ccccc1. The van der Waals surface area contributed by atoms with Gasteiger partial charge in [-0.1, -0.05) is 42.5 Å². The van der Waals surface area contributed by atoms with Crippen molar-refractivity contribution in [2.45, 2.75) is 11.5 Å². The van der Waals surface area contributed by atoms with Crippen LogP contribution in [-0.2, 0) is 16.2 Å². The minimum atomic E-state index is -0.376. The lowest BCUT2D eigenvalue weighted by molar-refractivity contribution is 0.0601. The summed E-state index contributed by atoms with van der Waals surface area (Å²) in [6.07, 6.45) is 0. The summed E-state index contributed by atoms with van der Waals surface area (Å²) in [6.45, 7) is 0. The number of ether oxygens (including phenoxy) is 1. The van der Waals surface area contributed by atoms with E-state index in [2.05, 4.69) is 12.1 Å². The molecule has 2 N–H and O–H groups in total. The van der Waals surface area contributed by atoms with E-state index < -0.39 is 0 Å². The minimum absolute atomic E-state index is 0.376. The van der Waals surface area contributed by atoms with E-state index in [0.717, 1.165) is 17.1 Å². The fourth-order valence-corrected chi connectivity index (χ4v) is 2.94. The summed E-state index contributed by atoms with van der Waals surface area (Å²) in [5.41, 5.74) is 9.00. The summed E-state index contributed by atoms with van der Waals surface area (Å²) < 4.78 is 4.79. The number of anilines is 1. The maximum Gasteiger partial charge on any atom is 0.340 e. The number of esters is 1. The molecule has 0 radical (unpaired) electrons. The second-order valence-electron chi connectivity index (χ2n) is 4.35. The van der Waals surface area contributed by atoms with E-state index in [9.17, 15) is 4.79 Å². The van der Waals surface area contributed by atoms with Gasteiger partial charge in [0.05, 0.1) is 12.7 Å². The predicted molar refractivity (Wildman–Crippen MR) is 83.6 cm³/mol. The predicted octanol–water partition coefficient (Wildman–Crippen LogP) is 3.49. The number of nitrogens with two attached hydrogens (primary N) is 1. The zero-order valence-electron chi connectivity index (χ0n) is 11.3. The van der Waals surface area contributed by atoms with Gasteiger partial charge in [-0.15, -0.1) is 0 Å². The Balaban J connectivity index is 2.06. The average molecular weight is 287 g/mol. The molecule has 104 valence electrons. The molecule has 0 atom stereocenters. The molecule has 0 unspecified atom stereocenters. The Morgan fingerprint density at radius 2 is 1.85 bits per heavy atom. The van der Waals surface area contributed by atoms with Crippen LogP contribution in [0.1, 0.15) is 21.5 Å². The minimum Gasteiger partial charge on any atom is -0.465 e. The fourth-order valence-electron chi connectivity index (χ4n) is 1.94. The van der Waals surface area contributed by atoms with E-state index in [1.54, 1.807) is 17.8 Å². The molecule has 0 saturated carbocycles. The first-order chi connectivity index (χ1) is 9.72. The number of carbonyl (C=O) groups excluding carboxylic acids is 1. The van der Waals surface area contributed by atoms with Crippen LogP contribution in [0.4, 0.5) is 5.69 Å². The van der Waals surface area contributed by atoms with E-state index in [1.165, 1.54) is 12.7 Å². The normalized spacial score (nSPS) is 10.2. The van der Waals surface area contributed by atoms with Crippen LogP contribution >= 0.6 is 11.8 Å². The van der Waals surface area contributed by atoms with Gasteiger partial charge in [0.15, 0.2) is 0 Å². The monoisotopic (exact) mass is 287 g/mol. The van der Waals surface area contributed by atoms with Crippen molar-refractivity contribution in [1.82, 2.24) is 0 Å². The third-order valence-corrected chi connectivity index (χ3v) is 3.99. The molecule has 2 aromatic rings. The zero-order chi connectivity index (χ0) is 14.4. The van der Waals surface area contributed by atoms with Crippen LogP contribution in [0.15, 0.2) is 48.5 Å². The molecule has 0 aliphatic carbocycles. The number of nitrogen functional groups attached to an aromatic ring is 1. The number of rotatable bonds is 5. The van der Waals surface area contributed by atoms with Crippen LogP contribution in [0.3, 0.4) is 0 Å². The molecule has 0 spiro atoms. The molecular formula is C16H17NO2S. The summed E-state index contributed by atoms with van der Waals surface area (Å²) in [5.74, 6) is 1.25. The Bertz CT molecular complexity index is 584. The van der Waals surface area contributed by atoms with Gasteiger partial charge in [-0.3, -0.25) is 0 Å². The van der Waals surface area contributed by atoms with E-state index in [0.29, 0.717) is 11.3 Å². The number of methoxy groups -OCH3 is 1. The van der Waals surface area contributed by atoms with E-state index >= 15 is 0 Å². The van der Waals surface area contributed by atoms with Gasteiger partial charge in [-0.05, 0) is 17.2 Å². The van der Waals surface area contributed by atoms with Crippen molar-refractivity contribution in [2.75, 3.05) is 12.8 Å². The topological polar surface area (TPSA) is 52.3 Å². The summed E-state index contributed by atoms with van der Waals surface area (Å²) >= 11 is 1.75. The first kappa shape index (κ1) is 14.5. The number of benzene rings is 2. The Hall–Kier alpha value is -1.94. The van der Waals surface area contributed by atoms with Crippen molar-refractivity contribution in [1.29, 1.82) is 0 Å². The lowest BCUT2D eigenvalue weighted by Crippen LogP contribution is -2.09. The van der Waals surface area contributed by atoms with Crippen molar-refractivity contribution in [3.8, 4) is 0 Å². The van der Waals surface area contributed by atoms with Gasteiger partial charge in [0.2, 0.25) is 0 Å². The number of hydrogen-bond donors (Lipinski definition) is 1. The maximum absolute atomic E-state index is 11.8. The summed E-state index contributed by atoms with van der Waals surface area (Å²) in [7, 11) is 1.37. The molecule has 0 bridgehead atoms. The van der Waals surface area contributed by atoms with Crippen LogP contribution in [0.25, 0.3) is 0 Å². The second kappa shape index (κ2) is 7.01. The van der Waals surface area contributed by atoms with Gasteiger partial charge < -0.3 is 10.5 Å². The van der Waals surface area contributed by atoms with Gasteiger partial charge >= 0.3 is 5.97 Å². The molecule has 0 fully saturated rings. The van der Waals surface area contributed by atoms with Crippen molar-refractivity contribution in [3.63, 3.8) is 0 Å². The zero-order valence-corrected chi connectivity index (χ0v) is 12.2. The Labute approximate surface area is 123 Å². The Morgan fingerprint density at radius 1 is 1.10 bits per heavy atom. The highest BCUT2D eigenvalue weighted by atomic mass is 32.2. The molecule has 2 rings (SSSR count). The molecule has 3 nitrogen and oxygen atoms in total. The number of carbonyl (C=O) groups is 1. The van der Waals surface area contributed by atoms with Crippen molar-refractivity contribution in [2.24, 2.45) is 0 Å². The molecule has 0 aromatic heterocycles. The van der Waals surface area contributed by atoms with Crippen LogP contribution in [0.5, 0.6) is 0 Å². The molecule has 0 aliphatic heterocycles. The molecular weight excluding hydrogens is 270 g/mol. The maximum atomic E-state index is 11.8. The molecule has 2 aromatic carbocycles. The molecule has 4 heteroatoms. The third kappa shape index (κ3) is 3.54. The van der Waals surface area contributed by atoms with Crippen LogP contribution in [-0.4, -0.2) is 13.1 Å². The van der Waals surface area contributed by atoms with Crippen molar-refractivity contribution >= 4 is 23.4 Å². The number of hydrogen-bond acceptors (Lipinski definition) is 4. The molecule has 0 aliphatic rings. The Kier molecular flexibility index (Phi) is 5.07. The van der Waals surface area contributed by atoms with Crippen LogP contribution < -0.4 is 5.73 Å². The molecule has 0 amide bonds. The highest BCUT2D eigenvalue weighted by Crippen LogP contribution is 2.24. The van der Waals surface area contributed by atoms with Crippen molar-refractivity contribution < 1.29 is 9.53 Å². The number of thioether (sulfide) groups is 1. The van der Waals surface area contributed by atoms with Crippen LogP contribution in [0, 0.1) is 0 Å². The summed E-state index contributed by atoms with van der Waals surface area (Å²) in [4.78, 5) is 11.8. The molecule has 20 heavy (non-hydrogen) atoms. The first-order valence-corrected chi connectivity index (χ1v) is 7.45. The lowest BCUT2D eigenvalue weighted by Gasteiger charge is -2.10.